The molecule has 0 aliphatic carbocycles. The summed E-state index contributed by atoms with van der Waals surface area (Å²) in [5.41, 5.74) is 1.43. The Kier molecular flexibility index (Phi) is 4.10. The maximum Gasteiger partial charge on any atom is 0.258 e. The van der Waals surface area contributed by atoms with Crippen LogP contribution in [-0.4, -0.2) is 21.6 Å². The lowest BCUT2D eigenvalue weighted by atomic mass is 10.2. The summed E-state index contributed by atoms with van der Waals surface area (Å²) >= 11 is 1.55. The van der Waals surface area contributed by atoms with Gasteiger partial charge in [0.15, 0.2) is 0 Å². The van der Waals surface area contributed by atoms with Crippen molar-refractivity contribution in [1.82, 2.24) is 15.3 Å². The zero-order valence-electron chi connectivity index (χ0n) is 11.2. The second-order valence-electron chi connectivity index (χ2n) is 4.73. The number of hydrogen-bond acceptors (Lipinski definition) is 5. The Morgan fingerprint density at radius 2 is 2.19 bits per heavy atom. The summed E-state index contributed by atoms with van der Waals surface area (Å²) in [6, 6.07) is 9.13. The number of rotatable bonds is 5. The van der Waals surface area contributed by atoms with Gasteiger partial charge in [-0.1, -0.05) is 12.1 Å². The van der Waals surface area contributed by atoms with Crippen molar-refractivity contribution in [2.75, 3.05) is 6.54 Å². The lowest BCUT2D eigenvalue weighted by Crippen LogP contribution is -2.23. The maximum atomic E-state index is 11.9. The highest BCUT2D eigenvalue weighted by molar-refractivity contribution is 7.07. The second-order valence-corrected chi connectivity index (χ2v) is 5.51. The number of nitrogens with one attached hydrogen (secondary N) is 2. The van der Waals surface area contributed by atoms with Crippen LogP contribution in [0.1, 0.15) is 17.5 Å². The van der Waals surface area contributed by atoms with E-state index >= 15 is 0 Å². The molecule has 3 rings (SSSR count). The van der Waals surface area contributed by atoms with Crippen molar-refractivity contribution in [2.24, 2.45) is 0 Å². The molecule has 2 aromatic heterocycles. The van der Waals surface area contributed by atoms with Gasteiger partial charge in [-0.3, -0.25) is 4.79 Å². The highest BCUT2D eigenvalue weighted by atomic mass is 32.1. The van der Waals surface area contributed by atoms with E-state index in [0.29, 0.717) is 29.8 Å². The van der Waals surface area contributed by atoms with E-state index in [1.165, 1.54) is 0 Å². The normalized spacial score (nSPS) is 12.6. The fourth-order valence-corrected chi connectivity index (χ4v) is 2.84. The number of aliphatic hydroxyl groups excluding tert-OH is 1. The third-order valence-corrected chi connectivity index (χ3v) is 3.92. The Morgan fingerprint density at radius 3 is 3.00 bits per heavy atom. The van der Waals surface area contributed by atoms with Gasteiger partial charge in [0.2, 0.25) is 0 Å². The second kappa shape index (κ2) is 6.17. The van der Waals surface area contributed by atoms with E-state index in [1.54, 1.807) is 17.4 Å². The van der Waals surface area contributed by atoms with Gasteiger partial charge in [-0.25, -0.2) is 4.98 Å². The number of aromatic nitrogens is 2. The topological polar surface area (TPSA) is 78.0 Å². The summed E-state index contributed by atoms with van der Waals surface area (Å²) in [7, 11) is 0. The van der Waals surface area contributed by atoms with Crippen molar-refractivity contribution in [3.8, 4) is 0 Å². The number of para-hydroxylation sites is 1. The van der Waals surface area contributed by atoms with Crippen molar-refractivity contribution in [1.29, 1.82) is 0 Å². The van der Waals surface area contributed by atoms with E-state index < -0.39 is 6.10 Å². The van der Waals surface area contributed by atoms with Gasteiger partial charge in [0, 0.05) is 6.54 Å². The van der Waals surface area contributed by atoms with E-state index in [9.17, 15) is 9.90 Å². The van der Waals surface area contributed by atoms with E-state index in [1.807, 2.05) is 35.0 Å². The number of aliphatic hydroxyl groups is 1. The fraction of sp³-hybridized carbons (Fsp3) is 0.200. The summed E-state index contributed by atoms with van der Waals surface area (Å²) in [4.78, 5) is 19.1. The number of nitrogens with zero attached hydrogens (tertiary/aromatic N) is 1. The molecule has 0 aliphatic rings. The van der Waals surface area contributed by atoms with Crippen LogP contribution in [0.5, 0.6) is 0 Å². The Balaban J connectivity index is 1.67. The number of aromatic amines is 1. The first kappa shape index (κ1) is 13.9. The molecule has 0 spiro atoms. The van der Waals surface area contributed by atoms with Crippen LogP contribution in [0.25, 0.3) is 10.9 Å². The van der Waals surface area contributed by atoms with Gasteiger partial charge in [-0.05, 0) is 34.5 Å². The quantitative estimate of drug-likeness (QED) is 0.671. The van der Waals surface area contributed by atoms with E-state index in [-0.39, 0.29) is 5.56 Å². The molecule has 21 heavy (non-hydrogen) atoms. The number of H-pyrrole nitrogens is 1. The first-order chi connectivity index (χ1) is 10.2. The fourth-order valence-electron chi connectivity index (χ4n) is 2.13. The molecular formula is C15H15N3O2S. The Hall–Kier alpha value is -2.02. The number of benzene rings is 1. The standard InChI is InChI=1S/C15H15N3O2S/c19-13(10-5-6-21-9-10)7-16-8-14-17-12-4-2-1-3-11(12)15(20)18-14/h1-6,9,13,16,19H,7-8H2,(H,17,18,20). The first-order valence-electron chi connectivity index (χ1n) is 6.63. The Morgan fingerprint density at radius 1 is 1.33 bits per heavy atom. The summed E-state index contributed by atoms with van der Waals surface area (Å²) in [5.74, 6) is 0.566. The molecule has 0 amide bonds. The third kappa shape index (κ3) is 3.18. The van der Waals surface area contributed by atoms with E-state index in [0.717, 1.165) is 5.56 Å². The van der Waals surface area contributed by atoms with Gasteiger partial charge in [-0.2, -0.15) is 11.3 Å². The van der Waals surface area contributed by atoms with Crippen LogP contribution >= 0.6 is 11.3 Å². The summed E-state index contributed by atoms with van der Waals surface area (Å²) in [5, 5.41) is 17.5. The predicted octanol–water partition coefficient (Wildman–Crippen LogP) is 1.81. The number of hydrogen-bond donors (Lipinski definition) is 3. The molecular weight excluding hydrogens is 286 g/mol. The molecule has 108 valence electrons. The minimum absolute atomic E-state index is 0.143. The highest BCUT2D eigenvalue weighted by Crippen LogP contribution is 2.15. The van der Waals surface area contributed by atoms with Crippen LogP contribution in [0.2, 0.25) is 0 Å². The van der Waals surface area contributed by atoms with Crippen molar-refractivity contribution in [3.63, 3.8) is 0 Å². The maximum absolute atomic E-state index is 11.9. The van der Waals surface area contributed by atoms with Gasteiger partial charge < -0.3 is 15.4 Å². The van der Waals surface area contributed by atoms with Crippen LogP contribution in [0.15, 0.2) is 45.9 Å². The van der Waals surface area contributed by atoms with Crippen LogP contribution < -0.4 is 10.9 Å². The lowest BCUT2D eigenvalue weighted by Gasteiger charge is -2.10. The van der Waals surface area contributed by atoms with Crippen LogP contribution in [-0.2, 0) is 6.54 Å². The van der Waals surface area contributed by atoms with Gasteiger partial charge in [0.25, 0.3) is 5.56 Å². The van der Waals surface area contributed by atoms with Crippen molar-refractivity contribution in [2.45, 2.75) is 12.6 Å². The van der Waals surface area contributed by atoms with Gasteiger partial charge in [-0.15, -0.1) is 0 Å². The zero-order valence-corrected chi connectivity index (χ0v) is 12.1. The van der Waals surface area contributed by atoms with Crippen LogP contribution in [0.3, 0.4) is 0 Å². The summed E-state index contributed by atoms with van der Waals surface area (Å²) < 4.78 is 0. The third-order valence-electron chi connectivity index (χ3n) is 3.22. The molecule has 0 radical (unpaired) electrons. The van der Waals surface area contributed by atoms with E-state index in [4.69, 9.17) is 0 Å². The first-order valence-corrected chi connectivity index (χ1v) is 7.57. The molecule has 3 aromatic rings. The molecule has 1 unspecified atom stereocenters. The average Bonchev–Trinajstić information content (AvgIpc) is 3.01. The lowest BCUT2D eigenvalue weighted by molar-refractivity contribution is 0.174. The average molecular weight is 301 g/mol. The van der Waals surface area contributed by atoms with Crippen molar-refractivity contribution < 1.29 is 5.11 Å². The highest BCUT2D eigenvalue weighted by Gasteiger charge is 2.08. The molecule has 5 nitrogen and oxygen atoms in total. The van der Waals surface area contributed by atoms with Gasteiger partial charge in [0.1, 0.15) is 5.82 Å². The minimum atomic E-state index is -0.552. The molecule has 0 saturated carbocycles. The predicted molar refractivity (Wildman–Crippen MR) is 83.3 cm³/mol. The molecule has 1 atom stereocenters. The zero-order chi connectivity index (χ0) is 14.7. The molecule has 0 saturated heterocycles. The van der Waals surface area contributed by atoms with E-state index in [2.05, 4.69) is 15.3 Å². The van der Waals surface area contributed by atoms with Crippen molar-refractivity contribution >= 4 is 22.2 Å². The molecule has 0 fully saturated rings. The van der Waals surface area contributed by atoms with Crippen molar-refractivity contribution in [3.05, 3.63) is 62.8 Å². The molecule has 0 bridgehead atoms. The van der Waals surface area contributed by atoms with Crippen LogP contribution in [0.4, 0.5) is 0 Å². The molecule has 0 aliphatic heterocycles. The van der Waals surface area contributed by atoms with Gasteiger partial charge in [0.05, 0.1) is 23.6 Å². The molecule has 3 N–H and O–H groups in total. The van der Waals surface area contributed by atoms with Crippen LogP contribution in [0, 0.1) is 0 Å². The smallest absolute Gasteiger partial charge is 0.258 e. The Labute approximate surface area is 125 Å². The molecule has 6 heteroatoms. The largest absolute Gasteiger partial charge is 0.387 e. The summed E-state index contributed by atoms with van der Waals surface area (Å²) in [6.07, 6.45) is -0.552. The monoisotopic (exact) mass is 301 g/mol. The van der Waals surface area contributed by atoms with Gasteiger partial charge >= 0.3 is 0 Å². The SMILES string of the molecule is O=c1[nH]c(CNCC(O)c2ccsc2)nc2ccccc12. The molecule has 1 aromatic carbocycles. The molecule has 2 heterocycles. The minimum Gasteiger partial charge on any atom is -0.387 e. The number of fused-ring (bicyclic) bond motifs is 1. The summed E-state index contributed by atoms with van der Waals surface area (Å²) in [6.45, 7) is 0.814. The number of thiophene rings is 1. The Bertz CT molecular complexity index is 783.